The first-order valence-electron chi connectivity index (χ1n) is 4.84. The Bertz CT molecular complexity index is 531. The number of sulfonamides is 1. The minimum absolute atomic E-state index is 0.437. The van der Waals surface area contributed by atoms with Crippen LogP contribution in [0.25, 0.3) is 0 Å². The Morgan fingerprint density at radius 2 is 1.83 bits per heavy atom. The van der Waals surface area contributed by atoms with E-state index >= 15 is 0 Å². The summed E-state index contributed by atoms with van der Waals surface area (Å²) in [6.45, 7) is 0. The second-order valence-electron chi connectivity index (χ2n) is 3.72. The van der Waals surface area contributed by atoms with Crippen molar-refractivity contribution in [3.8, 4) is 0 Å². The standard InChI is InChI=1S/C10H12Cl2N2O3S/c1-18(16,17)14-8(10(11,12)9(13)15)7-5-3-2-4-6-7/h2-6,8,14H,1H3,(H2,13,15)/t8-/m0/s1. The van der Waals surface area contributed by atoms with Gasteiger partial charge in [-0.05, 0) is 5.56 Å². The molecular formula is C10H12Cl2N2O3S. The number of carbonyl (C=O) groups excluding carboxylic acids is 1. The van der Waals surface area contributed by atoms with Crippen molar-refractivity contribution in [2.45, 2.75) is 10.4 Å². The molecule has 18 heavy (non-hydrogen) atoms. The number of halogens is 2. The summed E-state index contributed by atoms with van der Waals surface area (Å²) in [5, 5.41) is 0. The number of benzene rings is 1. The van der Waals surface area contributed by atoms with Crippen molar-refractivity contribution in [1.29, 1.82) is 0 Å². The van der Waals surface area contributed by atoms with Crippen LogP contribution < -0.4 is 10.5 Å². The maximum Gasteiger partial charge on any atom is 0.255 e. The molecule has 0 saturated heterocycles. The smallest absolute Gasteiger partial charge is 0.255 e. The zero-order chi connectivity index (χ0) is 14.0. The summed E-state index contributed by atoms with van der Waals surface area (Å²) >= 11 is 11.7. The van der Waals surface area contributed by atoms with Crippen molar-refractivity contribution in [2.75, 3.05) is 6.26 Å². The fourth-order valence-corrected chi connectivity index (χ4v) is 2.58. The Morgan fingerprint density at radius 1 is 1.33 bits per heavy atom. The summed E-state index contributed by atoms with van der Waals surface area (Å²) in [7, 11) is -3.61. The largest absolute Gasteiger partial charge is 0.367 e. The molecule has 1 rings (SSSR count). The predicted octanol–water partition coefficient (Wildman–Crippen LogP) is 0.936. The zero-order valence-electron chi connectivity index (χ0n) is 9.43. The number of alkyl halides is 2. The number of rotatable bonds is 5. The van der Waals surface area contributed by atoms with Gasteiger partial charge in [-0.25, -0.2) is 13.1 Å². The molecule has 0 aliphatic carbocycles. The summed E-state index contributed by atoms with van der Waals surface area (Å²) < 4.78 is 22.7. The lowest BCUT2D eigenvalue weighted by Crippen LogP contribution is -2.46. The Kier molecular flexibility index (Phi) is 4.61. The second-order valence-corrected chi connectivity index (χ2v) is 6.89. The van der Waals surface area contributed by atoms with Gasteiger partial charge in [0.1, 0.15) is 0 Å². The van der Waals surface area contributed by atoms with E-state index in [1.165, 1.54) is 0 Å². The molecule has 1 aromatic rings. The van der Waals surface area contributed by atoms with Crippen molar-refractivity contribution < 1.29 is 13.2 Å². The normalized spacial score (nSPS) is 14.2. The third kappa shape index (κ3) is 3.84. The van der Waals surface area contributed by atoms with Crippen molar-refractivity contribution in [1.82, 2.24) is 4.72 Å². The Labute approximate surface area is 115 Å². The van der Waals surface area contributed by atoms with Crippen LogP contribution >= 0.6 is 23.2 Å². The molecule has 0 aliphatic rings. The molecule has 0 unspecified atom stereocenters. The molecule has 1 atom stereocenters. The van der Waals surface area contributed by atoms with Gasteiger partial charge in [-0.2, -0.15) is 0 Å². The number of nitrogens with one attached hydrogen (secondary N) is 1. The number of hydrogen-bond acceptors (Lipinski definition) is 3. The molecule has 1 amide bonds. The summed E-state index contributed by atoms with van der Waals surface area (Å²) in [6.07, 6.45) is 0.938. The molecule has 0 saturated carbocycles. The monoisotopic (exact) mass is 310 g/mol. The van der Waals surface area contributed by atoms with E-state index in [-0.39, 0.29) is 0 Å². The predicted molar refractivity (Wildman–Crippen MR) is 70.8 cm³/mol. The van der Waals surface area contributed by atoms with Gasteiger partial charge in [-0.1, -0.05) is 53.5 Å². The number of amides is 1. The van der Waals surface area contributed by atoms with Gasteiger partial charge >= 0.3 is 0 Å². The van der Waals surface area contributed by atoms with Crippen molar-refractivity contribution >= 4 is 39.1 Å². The van der Waals surface area contributed by atoms with E-state index in [0.29, 0.717) is 5.56 Å². The van der Waals surface area contributed by atoms with Crippen molar-refractivity contribution in [3.63, 3.8) is 0 Å². The van der Waals surface area contributed by atoms with E-state index in [9.17, 15) is 13.2 Å². The van der Waals surface area contributed by atoms with Gasteiger partial charge in [0, 0.05) is 0 Å². The molecule has 0 fully saturated rings. The minimum Gasteiger partial charge on any atom is -0.367 e. The average molecular weight is 311 g/mol. The minimum atomic E-state index is -3.61. The van der Waals surface area contributed by atoms with E-state index in [1.54, 1.807) is 30.3 Å². The molecule has 100 valence electrons. The van der Waals surface area contributed by atoms with E-state index < -0.39 is 26.3 Å². The van der Waals surface area contributed by atoms with Crippen LogP contribution in [0.3, 0.4) is 0 Å². The van der Waals surface area contributed by atoms with E-state index in [0.717, 1.165) is 6.26 Å². The molecule has 0 aromatic heterocycles. The quantitative estimate of drug-likeness (QED) is 0.793. The molecule has 8 heteroatoms. The van der Waals surface area contributed by atoms with Crippen LogP contribution in [0.1, 0.15) is 11.6 Å². The summed E-state index contributed by atoms with van der Waals surface area (Å²) in [6, 6.07) is 7.08. The summed E-state index contributed by atoms with van der Waals surface area (Å²) in [5.74, 6) is -1.03. The van der Waals surface area contributed by atoms with Crippen LogP contribution in [0.5, 0.6) is 0 Å². The van der Waals surface area contributed by atoms with Crippen LogP contribution in [-0.4, -0.2) is 24.9 Å². The van der Waals surface area contributed by atoms with Gasteiger partial charge in [-0.3, -0.25) is 4.79 Å². The van der Waals surface area contributed by atoms with Gasteiger partial charge in [-0.15, -0.1) is 0 Å². The second kappa shape index (κ2) is 5.44. The van der Waals surface area contributed by atoms with Gasteiger partial charge in [0.2, 0.25) is 14.4 Å². The molecule has 0 radical (unpaired) electrons. The lowest BCUT2D eigenvalue weighted by Gasteiger charge is -2.27. The van der Waals surface area contributed by atoms with Crippen LogP contribution in [0.2, 0.25) is 0 Å². The van der Waals surface area contributed by atoms with E-state index in [2.05, 4.69) is 4.72 Å². The summed E-state index contributed by atoms with van der Waals surface area (Å²) in [4.78, 5) is 11.2. The molecule has 3 N–H and O–H groups in total. The molecule has 0 spiro atoms. The van der Waals surface area contributed by atoms with Crippen LogP contribution in [-0.2, 0) is 14.8 Å². The van der Waals surface area contributed by atoms with E-state index in [1.807, 2.05) is 0 Å². The maximum absolute atomic E-state index is 11.3. The lowest BCUT2D eigenvalue weighted by molar-refractivity contribution is -0.119. The van der Waals surface area contributed by atoms with Crippen LogP contribution in [0.4, 0.5) is 0 Å². The van der Waals surface area contributed by atoms with Crippen molar-refractivity contribution in [2.24, 2.45) is 5.73 Å². The zero-order valence-corrected chi connectivity index (χ0v) is 11.8. The SMILES string of the molecule is CS(=O)(=O)N[C@@H](c1ccccc1)C(Cl)(Cl)C(N)=O. The third-order valence-electron chi connectivity index (χ3n) is 2.16. The molecule has 1 aromatic carbocycles. The number of carbonyl (C=O) groups is 1. The lowest BCUT2D eigenvalue weighted by atomic mass is 10.0. The van der Waals surface area contributed by atoms with Crippen LogP contribution in [0.15, 0.2) is 30.3 Å². The van der Waals surface area contributed by atoms with Gasteiger partial charge < -0.3 is 5.73 Å². The first-order chi connectivity index (χ1) is 8.14. The summed E-state index contributed by atoms with van der Waals surface area (Å²) in [5.41, 5.74) is 5.53. The number of primary amides is 1. The highest BCUT2D eigenvalue weighted by molar-refractivity contribution is 7.88. The highest BCUT2D eigenvalue weighted by atomic mass is 35.5. The fraction of sp³-hybridized carbons (Fsp3) is 0.300. The number of hydrogen-bond donors (Lipinski definition) is 2. The fourth-order valence-electron chi connectivity index (χ4n) is 1.35. The topological polar surface area (TPSA) is 89.3 Å². The van der Waals surface area contributed by atoms with E-state index in [4.69, 9.17) is 28.9 Å². The molecule has 0 heterocycles. The highest BCUT2D eigenvalue weighted by Crippen LogP contribution is 2.36. The van der Waals surface area contributed by atoms with Gasteiger partial charge in [0.25, 0.3) is 5.91 Å². The van der Waals surface area contributed by atoms with Crippen molar-refractivity contribution in [3.05, 3.63) is 35.9 Å². The van der Waals surface area contributed by atoms with Gasteiger partial charge in [0.15, 0.2) is 0 Å². The molecule has 0 bridgehead atoms. The highest BCUT2D eigenvalue weighted by Gasteiger charge is 2.43. The first-order valence-corrected chi connectivity index (χ1v) is 7.49. The third-order valence-corrected chi connectivity index (χ3v) is 3.63. The maximum atomic E-state index is 11.3. The van der Waals surface area contributed by atoms with Gasteiger partial charge in [0.05, 0.1) is 12.3 Å². The Hall–Kier alpha value is -0.820. The average Bonchev–Trinajstić information content (AvgIpc) is 2.25. The molecular weight excluding hydrogens is 299 g/mol. The molecule has 5 nitrogen and oxygen atoms in total. The molecule has 0 aliphatic heterocycles. The number of nitrogens with two attached hydrogens (primary N) is 1. The van der Waals surface area contributed by atoms with Crippen LogP contribution in [0, 0.1) is 0 Å². The Balaban J connectivity index is 3.24. The Morgan fingerprint density at radius 3 is 2.22 bits per heavy atom. The first kappa shape index (κ1) is 15.2.